The molecule has 0 bridgehead atoms. The van der Waals surface area contributed by atoms with Crippen molar-refractivity contribution in [1.82, 2.24) is 4.90 Å². The van der Waals surface area contributed by atoms with Crippen LogP contribution in [0, 0.1) is 5.92 Å². The fraction of sp³-hybridized carbons (Fsp3) is 0.923. The Labute approximate surface area is 105 Å². The summed E-state index contributed by atoms with van der Waals surface area (Å²) in [7, 11) is 0. The van der Waals surface area contributed by atoms with E-state index < -0.39 is 0 Å². The second kappa shape index (κ2) is 7.54. The van der Waals surface area contributed by atoms with E-state index in [-0.39, 0.29) is 0 Å². The molecule has 100 valence electrons. The highest BCUT2D eigenvalue weighted by Crippen LogP contribution is 2.29. The predicted molar refractivity (Wildman–Crippen MR) is 71.3 cm³/mol. The van der Waals surface area contributed by atoms with Gasteiger partial charge in [0, 0.05) is 6.04 Å². The fourth-order valence-corrected chi connectivity index (χ4v) is 2.84. The van der Waals surface area contributed by atoms with Gasteiger partial charge in [-0.15, -0.1) is 0 Å². The zero-order valence-electron chi connectivity index (χ0n) is 11.2. The Hall–Kier alpha value is -0.770. The Morgan fingerprint density at radius 2 is 1.94 bits per heavy atom. The first-order chi connectivity index (χ1) is 8.21. The molecule has 0 aromatic heterocycles. The van der Waals surface area contributed by atoms with E-state index in [9.17, 15) is 0 Å². The smallest absolute Gasteiger partial charge is 0.153 e. The van der Waals surface area contributed by atoms with Crippen LogP contribution in [0.1, 0.15) is 52.4 Å². The van der Waals surface area contributed by atoms with Crippen molar-refractivity contribution < 1.29 is 5.21 Å². The van der Waals surface area contributed by atoms with E-state index in [2.05, 4.69) is 23.9 Å². The van der Waals surface area contributed by atoms with Crippen LogP contribution in [0.25, 0.3) is 0 Å². The highest BCUT2D eigenvalue weighted by Gasteiger charge is 2.25. The number of hydrogen-bond acceptors (Lipinski definition) is 3. The number of rotatable bonds is 6. The van der Waals surface area contributed by atoms with Crippen LogP contribution in [0.15, 0.2) is 5.16 Å². The first-order valence-electron chi connectivity index (χ1n) is 6.91. The summed E-state index contributed by atoms with van der Waals surface area (Å²) in [5.41, 5.74) is 5.62. The molecule has 0 amide bonds. The van der Waals surface area contributed by atoms with Gasteiger partial charge in [0.2, 0.25) is 0 Å². The summed E-state index contributed by atoms with van der Waals surface area (Å²) in [6.45, 7) is 6.10. The molecule has 0 radical (unpaired) electrons. The first kappa shape index (κ1) is 14.3. The first-order valence-corrected chi connectivity index (χ1v) is 6.91. The Bertz CT molecular complexity index is 235. The Morgan fingerprint density at radius 3 is 2.41 bits per heavy atom. The summed E-state index contributed by atoms with van der Waals surface area (Å²) in [5, 5.41) is 11.8. The second-order valence-electron chi connectivity index (χ2n) is 5.14. The van der Waals surface area contributed by atoms with E-state index in [1.165, 1.54) is 32.1 Å². The molecule has 1 aliphatic carbocycles. The number of nitrogens with zero attached hydrogens (tertiary/aromatic N) is 2. The Balaban J connectivity index is 2.47. The lowest BCUT2D eigenvalue weighted by Gasteiger charge is -2.36. The molecule has 0 unspecified atom stereocenters. The number of nitrogens with two attached hydrogens (primary N) is 1. The van der Waals surface area contributed by atoms with Gasteiger partial charge < -0.3 is 10.9 Å². The third-order valence-corrected chi connectivity index (χ3v) is 3.91. The molecule has 17 heavy (non-hydrogen) atoms. The highest BCUT2D eigenvalue weighted by atomic mass is 16.4. The SMILES string of the molecule is CCCN(CC(N)=NO)C1CCC(CC)CC1. The number of oxime groups is 1. The van der Waals surface area contributed by atoms with Crippen molar-refractivity contribution in [2.24, 2.45) is 16.8 Å². The van der Waals surface area contributed by atoms with Crippen molar-refractivity contribution in [3.8, 4) is 0 Å². The van der Waals surface area contributed by atoms with Crippen LogP contribution in [0.3, 0.4) is 0 Å². The summed E-state index contributed by atoms with van der Waals surface area (Å²) in [6, 6.07) is 0.623. The van der Waals surface area contributed by atoms with Gasteiger partial charge in [-0.25, -0.2) is 0 Å². The molecule has 0 aromatic rings. The lowest BCUT2D eigenvalue weighted by molar-refractivity contribution is 0.151. The molecule has 4 nitrogen and oxygen atoms in total. The second-order valence-corrected chi connectivity index (χ2v) is 5.14. The molecule has 3 N–H and O–H groups in total. The van der Waals surface area contributed by atoms with Crippen molar-refractivity contribution in [1.29, 1.82) is 0 Å². The van der Waals surface area contributed by atoms with Crippen LogP contribution in [-0.2, 0) is 0 Å². The summed E-state index contributed by atoms with van der Waals surface area (Å²) in [6.07, 6.45) is 7.61. The monoisotopic (exact) mass is 241 g/mol. The number of hydrogen-bond donors (Lipinski definition) is 2. The predicted octanol–water partition coefficient (Wildman–Crippen LogP) is 2.41. The average Bonchev–Trinajstić information content (AvgIpc) is 2.38. The molecule has 0 heterocycles. The molecule has 4 heteroatoms. The zero-order valence-corrected chi connectivity index (χ0v) is 11.2. The minimum absolute atomic E-state index is 0.330. The molecular weight excluding hydrogens is 214 g/mol. The zero-order chi connectivity index (χ0) is 12.7. The largest absolute Gasteiger partial charge is 0.409 e. The van der Waals surface area contributed by atoms with Crippen LogP contribution in [-0.4, -0.2) is 35.1 Å². The van der Waals surface area contributed by atoms with E-state index in [1.54, 1.807) is 0 Å². The molecule has 1 rings (SSSR count). The van der Waals surface area contributed by atoms with Crippen molar-refractivity contribution >= 4 is 5.84 Å². The molecule has 0 atom stereocenters. The molecule has 1 saturated carbocycles. The molecule has 0 aliphatic heterocycles. The summed E-state index contributed by atoms with van der Waals surface area (Å²) in [4.78, 5) is 2.38. The number of amidine groups is 1. The molecule has 0 saturated heterocycles. The molecule has 1 aliphatic rings. The van der Waals surface area contributed by atoms with E-state index in [0.717, 1.165) is 18.9 Å². The summed E-state index contributed by atoms with van der Waals surface area (Å²) < 4.78 is 0. The molecule has 0 aromatic carbocycles. The molecule has 0 spiro atoms. The van der Waals surface area contributed by atoms with Crippen LogP contribution in [0.5, 0.6) is 0 Å². The van der Waals surface area contributed by atoms with Gasteiger partial charge in [0.05, 0.1) is 6.54 Å². The Morgan fingerprint density at radius 1 is 1.29 bits per heavy atom. The van der Waals surface area contributed by atoms with Crippen molar-refractivity contribution in [3.63, 3.8) is 0 Å². The molecule has 1 fully saturated rings. The third-order valence-electron chi connectivity index (χ3n) is 3.91. The van der Waals surface area contributed by atoms with Gasteiger partial charge in [-0.1, -0.05) is 25.4 Å². The van der Waals surface area contributed by atoms with Crippen molar-refractivity contribution in [3.05, 3.63) is 0 Å². The lowest BCUT2D eigenvalue weighted by atomic mass is 9.84. The quantitative estimate of drug-likeness (QED) is 0.325. The van der Waals surface area contributed by atoms with Crippen LogP contribution >= 0.6 is 0 Å². The average molecular weight is 241 g/mol. The minimum Gasteiger partial charge on any atom is -0.409 e. The maximum atomic E-state index is 8.67. The third kappa shape index (κ3) is 4.54. The highest BCUT2D eigenvalue weighted by molar-refractivity contribution is 5.81. The van der Waals surface area contributed by atoms with Gasteiger partial charge in [0.15, 0.2) is 5.84 Å². The van der Waals surface area contributed by atoms with Gasteiger partial charge >= 0.3 is 0 Å². The molecular formula is C13H27N3O. The Kier molecular flexibility index (Phi) is 6.34. The van der Waals surface area contributed by atoms with Gasteiger partial charge in [-0.05, 0) is 44.6 Å². The maximum absolute atomic E-state index is 8.67. The van der Waals surface area contributed by atoms with E-state index in [0.29, 0.717) is 18.4 Å². The maximum Gasteiger partial charge on any atom is 0.153 e. The van der Waals surface area contributed by atoms with Crippen molar-refractivity contribution in [2.75, 3.05) is 13.1 Å². The van der Waals surface area contributed by atoms with Crippen LogP contribution < -0.4 is 5.73 Å². The fourth-order valence-electron chi connectivity index (χ4n) is 2.84. The summed E-state index contributed by atoms with van der Waals surface area (Å²) in [5.74, 6) is 1.25. The van der Waals surface area contributed by atoms with Gasteiger partial charge in [0.25, 0.3) is 0 Å². The van der Waals surface area contributed by atoms with Crippen molar-refractivity contribution in [2.45, 2.75) is 58.4 Å². The van der Waals surface area contributed by atoms with E-state index in [4.69, 9.17) is 10.9 Å². The van der Waals surface area contributed by atoms with Gasteiger partial charge in [0.1, 0.15) is 0 Å². The van der Waals surface area contributed by atoms with Gasteiger partial charge in [-0.3, -0.25) is 4.90 Å². The van der Waals surface area contributed by atoms with E-state index in [1.807, 2.05) is 0 Å². The van der Waals surface area contributed by atoms with Crippen LogP contribution in [0.4, 0.5) is 0 Å². The van der Waals surface area contributed by atoms with E-state index >= 15 is 0 Å². The minimum atomic E-state index is 0.330. The van der Waals surface area contributed by atoms with Gasteiger partial charge in [-0.2, -0.15) is 0 Å². The topological polar surface area (TPSA) is 61.8 Å². The normalized spacial score (nSPS) is 26.4. The lowest BCUT2D eigenvalue weighted by Crippen LogP contribution is -2.43. The summed E-state index contributed by atoms with van der Waals surface area (Å²) >= 11 is 0. The van der Waals surface area contributed by atoms with Crippen LogP contribution in [0.2, 0.25) is 0 Å². The standard InChI is InChI=1S/C13H27N3O/c1-3-9-16(10-13(14)15-17)12-7-5-11(4-2)6-8-12/h11-12,17H,3-10H2,1-2H3,(H2,14,15).